The molecule has 9 heteroatoms. The van der Waals surface area contributed by atoms with E-state index >= 15 is 0 Å². The normalized spacial score (nSPS) is 12.5. The quantitative estimate of drug-likeness (QED) is 0.592. The van der Waals surface area contributed by atoms with E-state index in [1.807, 2.05) is 0 Å². The zero-order chi connectivity index (χ0) is 19.9. The van der Waals surface area contributed by atoms with Crippen molar-refractivity contribution in [2.45, 2.75) is 32.2 Å². The maximum Gasteiger partial charge on any atom is 0.454 e. The average Bonchev–Trinajstić information content (AvgIpc) is 2.51. The number of carbonyl (C=O) groups excluding carboxylic acids is 2. The van der Waals surface area contributed by atoms with Gasteiger partial charge in [-0.1, -0.05) is 24.3 Å². The van der Waals surface area contributed by atoms with Crippen molar-refractivity contribution in [3.8, 4) is 0 Å². The second kappa shape index (κ2) is 6.62. The highest BCUT2D eigenvalue weighted by molar-refractivity contribution is 6.19. The number of rotatable bonds is 4. The highest BCUT2D eigenvalue weighted by Crippen LogP contribution is 2.37. The molecule has 0 spiro atoms. The first-order valence-electron chi connectivity index (χ1n) is 7.39. The van der Waals surface area contributed by atoms with E-state index < -0.39 is 41.1 Å². The fourth-order valence-corrected chi connectivity index (χ4v) is 2.49. The van der Waals surface area contributed by atoms with E-state index in [2.05, 4.69) is 5.32 Å². The third kappa shape index (κ3) is 3.81. The number of hydrogen-bond acceptors (Lipinski definition) is 3. The van der Waals surface area contributed by atoms with E-state index in [1.54, 1.807) is 13.8 Å². The number of benzene rings is 2. The van der Waals surface area contributed by atoms with Crippen LogP contribution in [0.15, 0.2) is 30.3 Å². The first kappa shape index (κ1) is 19.7. The van der Waals surface area contributed by atoms with Gasteiger partial charge in [-0.25, -0.2) is 0 Å². The number of carbonyl (C=O) groups is 2. The van der Waals surface area contributed by atoms with Crippen LogP contribution in [-0.4, -0.2) is 30.0 Å². The monoisotopic (exact) mass is 377 g/mol. The topological polar surface area (TPSA) is 46.2 Å². The summed E-state index contributed by atoms with van der Waals surface area (Å²) < 4.78 is 77.4. The second-order valence-electron chi connectivity index (χ2n) is 5.85. The maximum absolute atomic E-state index is 12.9. The molecule has 0 bridgehead atoms. The van der Waals surface area contributed by atoms with Crippen LogP contribution in [0, 0.1) is 0 Å². The minimum Gasteiger partial charge on any atom is -0.382 e. The standard InChI is InChI=1S/C17H13F6NO2/c1-8(2)24-13-10-6-4-3-5-9(10)11(14(25)16(18,19)20)7-12(13)15(26)17(21,22)23/h3-8,24H,1-2H3. The first-order chi connectivity index (χ1) is 11.8. The Bertz CT molecular complexity index is 868. The van der Waals surface area contributed by atoms with Gasteiger partial charge in [0, 0.05) is 17.0 Å². The summed E-state index contributed by atoms with van der Waals surface area (Å²) in [6.07, 6.45) is -10.6. The van der Waals surface area contributed by atoms with E-state index in [1.165, 1.54) is 24.3 Å². The molecule has 0 saturated heterocycles. The smallest absolute Gasteiger partial charge is 0.382 e. The molecule has 0 unspecified atom stereocenters. The van der Waals surface area contributed by atoms with Gasteiger partial charge in [0.05, 0.1) is 11.3 Å². The molecule has 0 atom stereocenters. The van der Waals surface area contributed by atoms with Crippen molar-refractivity contribution in [3.05, 3.63) is 41.5 Å². The number of anilines is 1. The molecule has 26 heavy (non-hydrogen) atoms. The van der Waals surface area contributed by atoms with Crippen LogP contribution < -0.4 is 5.32 Å². The van der Waals surface area contributed by atoms with Crippen molar-refractivity contribution in [1.29, 1.82) is 0 Å². The average molecular weight is 377 g/mol. The largest absolute Gasteiger partial charge is 0.454 e. The Labute approximate surface area is 144 Å². The molecular weight excluding hydrogens is 364 g/mol. The van der Waals surface area contributed by atoms with E-state index in [4.69, 9.17) is 0 Å². The molecule has 0 heterocycles. The summed E-state index contributed by atoms with van der Waals surface area (Å²) in [6.45, 7) is 3.18. The summed E-state index contributed by atoms with van der Waals surface area (Å²) in [5.74, 6) is -4.65. The van der Waals surface area contributed by atoms with Gasteiger partial charge < -0.3 is 5.32 Å². The maximum atomic E-state index is 12.9. The molecule has 0 aliphatic heterocycles. The zero-order valence-electron chi connectivity index (χ0n) is 13.5. The van der Waals surface area contributed by atoms with Gasteiger partial charge in [0.2, 0.25) is 0 Å². The van der Waals surface area contributed by atoms with Crippen molar-refractivity contribution >= 4 is 28.0 Å². The van der Waals surface area contributed by atoms with Crippen LogP contribution in [0.1, 0.15) is 34.6 Å². The number of hydrogen-bond donors (Lipinski definition) is 1. The number of halogens is 6. The Hall–Kier alpha value is -2.58. The van der Waals surface area contributed by atoms with Crippen LogP contribution in [0.3, 0.4) is 0 Å². The molecule has 140 valence electrons. The lowest BCUT2D eigenvalue weighted by atomic mass is 9.93. The SMILES string of the molecule is CC(C)Nc1c(C(=O)C(F)(F)F)cc(C(=O)C(F)(F)F)c2ccccc12. The van der Waals surface area contributed by atoms with E-state index in [0.717, 1.165) is 0 Å². The minimum absolute atomic E-state index is 0.0797. The van der Waals surface area contributed by atoms with Gasteiger partial charge in [0.25, 0.3) is 11.6 Å². The number of Topliss-reactive ketones (excluding diaryl/α,β-unsaturated/α-hetero) is 2. The molecule has 2 aromatic rings. The highest BCUT2D eigenvalue weighted by atomic mass is 19.4. The highest BCUT2D eigenvalue weighted by Gasteiger charge is 2.44. The zero-order valence-corrected chi connectivity index (χ0v) is 13.5. The van der Waals surface area contributed by atoms with Crippen molar-refractivity contribution in [2.24, 2.45) is 0 Å². The van der Waals surface area contributed by atoms with Gasteiger partial charge in [-0.2, -0.15) is 26.3 Å². The van der Waals surface area contributed by atoms with Gasteiger partial charge in [-0.3, -0.25) is 9.59 Å². The fraction of sp³-hybridized carbons (Fsp3) is 0.294. The number of alkyl halides is 6. The number of nitrogens with one attached hydrogen (secondary N) is 1. The predicted octanol–water partition coefficient (Wildman–Crippen LogP) is 5.15. The van der Waals surface area contributed by atoms with E-state index in [0.29, 0.717) is 6.07 Å². The van der Waals surface area contributed by atoms with Crippen molar-refractivity contribution in [2.75, 3.05) is 5.32 Å². The lowest BCUT2D eigenvalue weighted by Gasteiger charge is -2.20. The molecule has 0 saturated carbocycles. The molecule has 0 aliphatic rings. The molecule has 0 amide bonds. The Kier molecular flexibility index (Phi) is 5.03. The predicted molar refractivity (Wildman–Crippen MR) is 83.5 cm³/mol. The van der Waals surface area contributed by atoms with Gasteiger partial charge in [0.15, 0.2) is 0 Å². The molecule has 0 aliphatic carbocycles. The molecular formula is C17H13F6NO2. The van der Waals surface area contributed by atoms with Crippen LogP contribution in [0.4, 0.5) is 32.0 Å². The third-order valence-corrected chi connectivity index (χ3v) is 3.48. The summed E-state index contributed by atoms with van der Waals surface area (Å²) >= 11 is 0. The van der Waals surface area contributed by atoms with Crippen LogP contribution >= 0.6 is 0 Å². The molecule has 2 aromatic carbocycles. The van der Waals surface area contributed by atoms with Crippen LogP contribution in [-0.2, 0) is 0 Å². The molecule has 3 nitrogen and oxygen atoms in total. The number of ketones is 2. The van der Waals surface area contributed by atoms with Crippen LogP contribution in [0.2, 0.25) is 0 Å². The Morgan fingerprint density at radius 1 is 0.846 bits per heavy atom. The molecule has 0 radical (unpaired) electrons. The van der Waals surface area contributed by atoms with Crippen LogP contribution in [0.5, 0.6) is 0 Å². The Morgan fingerprint density at radius 3 is 1.77 bits per heavy atom. The lowest BCUT2D eigenvalue weighted by molar-refractivity contribution is -0.0886. The number of fused-ring (bicyclic) bond motifs is 1. The first-order valence-corrected chi connectivity index (χ1v) is 7.39. The van der Waals surface area contributed by atoms with Gasteiger partial charge in [-0.15, -0.1) is 0 Å². The minimum atomic E-state index is -5.31. The fourth-order valence-electron chi connectivity index (χ4n) is 2.49. The second-order valence-corrected chi connectivity index (χ2v) is 5.85. The molecule has 0 fully saturated rings. The summed E-state index contributed by atoms with van der Waals surface area (Å²) in [7, 11) is 0. The van der Waals surface area contributed by atoms with Crippen molar-refractivity contribution in [1.82, 2.24) is 0 Å². The van der Waals surface area contributed by atoms with Gasteiger partial charge in [0.1, 0.15) is 0 Å². The van der Waals surface area contributed by atoms with E-state index in [9.17, 15) is 35.9 Å². The molecule has 2 rings (SSSR count). The summed E-state index contributed by atoms with van der Waals surface area (Å²) in [6, 6.07) is 5.11. The van der Waals surface area contributed by atoms with Crippen molar-refractivity contribution < 1.29 is 35.9 Å². The van der Waals surface area contributed by atoms with E-state index in [-0.39, 0.29) is 16.5 Å². The van der Waals surface area contributed by atoms with Crippen LogP contribution in [0.25, 0.3) is 10.8 Å². The van der Waals surface area contributed by atoms with Gasteiger partial charge in [-0.05, 0) is 25.3 Å². The summed E-state index contributed by atoms with van der Waals surface area (Å²) in [5.41, 5.74) is -2.30. The van der Waals surface area contributed by atoms with Gasteiger partial charge >= 0.3 is 12.4 Å². The van der Waals surface area contributed by atoms with Crippen molar-refractivity contribution in [3.63, 3.8) is 0 Å². The summed E-state index contributed by atoms with van der Waals surface area (Å²) in [5, 5.41) is 2.38. The Morgan fingerprint density at radius 2 is 1.31 bits per heavy atom. The molecule has 1 N–H and O–H groups in total. The lowest BCUT2D eigenvalue weighted by Crippen LogP contribution is -2.27. The Balaban J connectivity index is 2.91. The third-order valence-electron chi connectivity index (χ3n) is 3.48. The summed E-state index contributed by atoms with van der Waals surface area (Å²) in [4.78, 5) is 23.5. The molecule has 0 aromatic heterocycles.